The van der Waals surface area contributed by atoms with Gasteiger partial charge in [0.05, 0.1) is 0 Å². The fraction of sp³-hybridized carbons (Fsp3) is 0.562. The molecule has 0 atom stereocenters. The van der Waals surface area contributed by atoms with E-state index in [-0.39, 0.29) is 11.8 Å². The topological polar surface area (TPSA) is 67.6 Å². The predicted octanol–water partition coefficient (Wildman–Crippen LogP) is 1.64. The number of amides is 1. The van der Waals surface area contributed by atoms with Crippen LogP contribution < -0.4 is 16.0 Å². The van der Waals surface area contributed by atoms with E-state index >= 15 is 0 Å². The Labute approximate surface area is 126 Å². The van der Waals surface area contributed by atoms with Crippen LogP contribution in [0, 0.1) is 5.92 Å². The number of anilines is 2. The standard InChI is InChI=1S/C16H25N3O2/c1-21-12-2-9-18-16(20)13-7-10-19(11-8-13)15-5-3-14(17)4-6-15/h3-6,13H,2,7-12,17H2,1H3,(H,18,20). The van der Waals surface area contributed by atoms with Crippen molar-refractivity contribution in [2.45, 2.75) is 19.3 Å². The Kier molecular flexibility index (Phi) is 5.87. The number of ether oxygens (including phenoxy) is 1. The largest absolute Gasteiger partial charge is 0.399 e. The maximum Gasteiger partial charge on any atom is 0.223 e. The number of hydrogen-bond acceptors (Lipinski definition) is 4. The van der Waals surface area contributed by atoms with E-state index in [1.165, 1.54) is 5.69 Å². The average molecular weight is 291 g/mol. The van der Waals surface area contributed by atoms with Gasteiger partial charge < -0.3 is 20.7 Å². The van der Waals surface area contributed by atoms with Crippen molar-refractivity contribution in [1.82, 2.24) is 5.32 Å². The first-order chi connectivity index (χ1) is 10.2. The SMILES string of the molecule is COCCCNC(=O)C1CCN(c2ccc(N)cc2)CC1. The summed E-state index contributed by atoms with van der Waals surface area (Å²) in [5.41, 5.74) is 7.67. The maximum absolute atomic E-state index is 12.1. The molecule has 116 valence electrons. The van der Waals surface area contributed by atoms with Crippen molar-refractivity contribution in [2.24, 2.45) is 5.92 Å². The molecule has 0 saturated carbocycles. The normalized spacial score (nSPS) is 16.0. The Morgan fingerprint density at radius 3 is 2.62 bits per heavy atom. The van der Waals surface area contributed by atoms with Crippen molar-refractivity contribution in [1.29, 1.82) is 0 Å². The number of carbonyl (C=O) groups is 1. The molecule has 1 aliphatic heterocycles. The van der Waals surface area contributed by atoms with E-state index in [4.69, 9.17) is 10.5 Å². The van der Waals surface area contributed by atoms with E-state index in [0.717, 1.165) is 38.0 Å². The van der Waals surface area contributed by atoms with Gasteiger partial charge in [0, 0.05) is 50.6 Å². The van der Waals surface area contributed by atoms with E-state index < -0.39 is 0 Å². The maximum atomic E-state index is 12.1. The molecular formula is C16H25N3O2. The fourth-order valence-corrected chi connectivity index (χ4v) is 2.66. The molecule has 5 heteroatoms. The zero-order valence-electron chi connectivity index (χ0n) is 12.7. The average Bonchev–Trinajstić information content (AvgIpc) is 2.52. The number of carbonyl (C=O) groups excluding carboxylic acids is 1. The number of nitrogens with one attached hydrogen (secondary N) is 1. The summed E-state index contributed by atoms with van der Waals surface area (Å²) in [4.78, 5) is 14.4. The molecule has 1 heterocycles. The molecule has 0 aromatic heterocycles. The summed E-state index contributed by atoms with van der Waals surface area (Å²) in [6.45, 7) is 3.22. The van der Waals surface area contributed by atoms with Crippen LogP contribution in [-0.4, -0.2) is 39.3 Å². The van der Waals surface area contributed by atoms with Gasteiger partial charge >= 0.3 is 0 Å². The van der Waals surface area contributed by atoms with Crippen LogP contribution in [0.3, 0.4) is 0 Å². The number of nitrogens with zero attached hydrogens (tertiary/aromatic N) is 1. The van der Waals surface area contributed by atoms with E-state index in [1.54, 1.807) is 7.11 Å². The Balaban J connectivity index is 1.75. The van der Waals surface area contributed by atoms with Crippen molar-refractivity contribution >= 4 is 17.3 Å². The molecule has 1 aliphatic rings. The predicted molar refractivity (Wildman–Crippen MR) is 85.3 cm³/mol. The highest BCUT2D eigenvalue weighted by Crippen LogP contribution is 2.24. The van der Waals surface area contributed by atoms with Gasteiger partial charge in [0.15, 0.2) is 0 Å². The lowest BCUT2D eigenvalue weighted by atomic mass is 9.95. The smallest absolute Gasteiger partial charge is 0.223 e. The number of nitrogens with two attached hydrogens (primary N) is 1. The quantitative estimate of drug-likeness (QED) is 0.617. The van der Waals surface area contributed by atoms with Crippen molar-refractivity contribution in [3.63, 3.8) is 0 Å². The van der Waals surface area contributed by atoms with Crippen molar-refractivity contribution in [2.75, 3.05) is 44.0 Å². The monoisotopic (exact) mass is 291 g/mol. The van der Waals surface area contributed by atoms with Crippen LogP contribution in [0.15, 0.2) is 24.3 Å². The van der Waals surface area contributed by atoms with Gasteiger partial charge in [-0.3, -0.25) is 4.79 Å². The molecule has 5 nitrogen and oxygen atoms in total. The minimum absolute atomic E-state index is 0.137. The van der Waals surface area contributed by atoms with Gasteiger partial charge in [-0.05, 0) is 43.5 Å². The minimum Gasteiger partial charge on any atom is -0.399 e. The molecule has 21 heavy (non-hydrogen) atoms. The summed E-state index contributed by atoms with van der Waals surface area (Å²) in [5, 5.41) is 3.00. The highest BCUT2D eigenvalue weighted by molar-refractivity contribution is 5.79. The van der Waals surface area contributed by atoms with Gasteiger partial charge in [0.1, 0.15) is 0 Å². The van der Waals surface area contributed by atoms with Gasteiger partial charge in [0.25, 0.3) is 0 Å². The summed E-state index contributed by atoms with van der Waals surface area (Å²) in [5.74, 6) is 0.320. The Bertz CT molecular complexity index is 439. The number of hydrogen-bond donors (Lipinski definition) is 2. The third kappa shape index (κ3) is 4.63. The second kappa shape index (κ2) is 7.88. The van der Waals surface area contributed by atoms with Crippen molar-refractivity contribution < 1.29 is 9.53 Å². The molecule has 1 amide bonds. The Morgan fingerprint density at radius 1 is 1.33 bits per heavy atom. The summed E-state index contributed by atoms with van der Waals surface area (Å²) < 4.78 is 4.97. The summed E-state index contributed by atoms with van der Waals surface area (Å²) in [6, 6.07) is 7.93. The number of methoxy groups -OCH3 is 1. The highest BCUT2D eigenvalue weighted by Gasteiger charge is 2.24. The van der Waals surface area contributed by atoms with Crippen LogP contribution in [-0.2, 0) is 9.53 Å². The molecule has 0 unspecified atom stereocenters. The van der Waals surface area contributed by atoms with Crippen LogP contribution in [0.2, 0.25) is 0 Å². The van der Waals surface area contributed by atoms with Crippen LogP contribution in [0.5, 0.6) is 0 Å². The van der Waals surface area contributed by atoms with E-state index in [2.05, 4.69) is 10.2 Å². The minimum atomic E-state index is 0.137. The van der Waals surface area contributed by atoms with E-state index in [9.17, 15) is 4.79 Å². The highest BCUT2D eigenvalue weighted by atomic mass is 16.5. The van der Waals surface area contributed by atoms with Crippen LogP contribution >= 0.6 is 0 Å². The van der Waals surface area contributed by atoms with Crippen LogP contribution in [0.1, 0.15) is 19.3 Å². The van der Waals surface area contributed by atoms with E-state index in [1.807, 2.05) is 24.3 Å². The summed E-state index contributed by atoms with van der Waals surface area (Å²) >= 11 is 0. The first-order valence-electron chi connectivity index (χ1n) is 7.58. The summed E-state index contributed by atoms with van der Waals surface area (Å²) in [7, 11) is 1.68. The molecule has 2 rings (SSSR count). The van der Waals surface area contributed by atoms with Crippen LogP contribution in [0.25, 0.3) is 0 Å². The molecule has 1 fully saturated rings. The van der Waals surface area contributed by atoms with Gasteiger partial charge in [-0.2, -0.15) is 0 Å². The Morgan fingerprint density at radius 2 is 2.00 bits per heavy atom. The van der Waals surface area contributed by atoms with Crippen molar-refractivity contribution in [3.05, 3.63) is 24.3 Å². The lowest BCUT2D eigenvalue weighted by Crippen LogP contribution is -2.40. The first-order valence-corrected chi connectivity index (χ1v) is 7.58. The van der Waals surface area contributed by atoms with E-state index in [0.29, 0.717) is 13.2 Å². The second-order valence-electron chi connectivity index (χ2n) is 5.49. The number of nitrogen functional groups attached to an aromatic ring is 1. The van der Waals surface area contributed by atoms with Crippen molar-refractivity contribution in [3.8, 4) is 0 Å². The third-order valence-electron chi connectivity index (χ3n) is 3.95. The first kappa shape index (κ1) is 15.6. The number of piperidine rings is 1. The number of benzene rings is 1. The van der Waals surface area contributed by atoms with Gasteiger partial charge in [-0.15, -0.1) is 0 Å². The molecule has 3 N–H and O–H groups in total. The summed E-state index contributed by atoms with van der Waals surface area (Å²) in [6.07, 6.45) is 2.67. The molecule has 1 aromatic rings. The molecule has 0 spiro atoms. The zero-order valence-corrected chi connectivity index (χ0v) is 12.7. The van der Waals surface area contributed by atoms with Gasteiger partial charge in [-0.1, -0.05) is 0 Å². The molecule has 1 saturated heterocycles. The molecule has 1 aromatic carbocycles. The lowest BCUT2D eigenvalue weighted by Gasteiger charge is -2.33. The van der Waals surface area contributed by atoms with Gasteiger partial charge in [0.2, 0.25) is 5.91 Å². The number of rotatable bonds is 6. The molecule has 0 radical (unpaired) electrons. The second-order valence-corrected chi connectivity index (χ2v) is 5.49. The molecular weight excluding hydrogens is 266 g/mol. The molecule has 0 aliphatic carbocycles. The fourth-order valence-electron chi connectivity index (χ4n) is 2.66. The Hall–Kier alpha value is -1.75. The zero-order chi connectivity index (χ0) is 15.1. The van der Waals surface area contributed by atoms with Gasteiger partial charge in [-0.25, -0.2) is 0 Å². The lowest BCUT2D eigenvalue weighted by molar-refractivity contribution is -0.125. The molecule has 0 bridgehead atoms. The third-order valence-corrected chi connectivity index (χ3v) is 3.95. The van der Waals surface area contributed by atoms with Crippen LogP contribution in [0.4, 0.5) is 11.4 Å².